The van der Waals surface area contributed by atoms with Gasteiger partial charge in [-0.15, -0.1) is 0 Å². The summed E-state index contributed by atoms with van der Waals surface area (Å²) in [5.41, 5.74) is 5.08. The van der Waals surface area contributed by atoms with Gasteiger partial charge in [0.2, 0.25) is 11.8 Å². The standard InChI is InChI=1S/C12H23N3O3/c1-2-15(9-11(13)16)12(17)5-8-18-10-3-6-14-7-4-10/h10,14H,2-9H2,1H3,(H2,13,16). The number of likely N-dealkylation sites (N-methyl/N-ethyl adjacent to an activating group) is 1. The number of hydrogen-bond donors (Lipinski definition) is 2. The van der Waals surface area contributed by atoms with E-state index in [1.165, 1.54) is 4.90 Å². The molecule has 0 aromatic heterocycles. The summed E-state index contributed by atoms with van der Waals surface area (Å²) in [6, 6.07) is 0. The van der Waals surface area contributed by atoms with Crippen LogP contribution in [0.5, 0.6) is 0 Å². The molecule has 1 aliphatic rings. The number of carbonyl (C=O) groups is 2. The third kappa shape index (κ3) is 5.46. The second kappa shape index (κ2) is 8.05. The second-order valence-electron chi connectivity index (χ2n) is 4.44. The minimum Gasteiger partial charge on any atom is -0.378 e. The number of nitrogens with two attached hydrogens (primary N) is 1. The van der Waals surface area contributed by atoms with Gasteiger partial charge < -0.3 is 20.7 Å². The van der Waals surface area contributed by atoms with Crippen molar-refractivity contribution in [3.05, 3.63) is 0 Å². The highest BCUT2D eigenvalue weighted by molar-refractivity contribution is 5.83. The van der Waals surface area contributed by atoms with Crippen LogP contribution in [0, 0.1) is 0 Å². The molecular formula is C12H23N3O3. The monoisotopic (exact) mass is 257 g/mol. The van der Waals surface area contributed by atoms with E-state index < -0.39 is 5.91 Å². The summed E-state index contributed by atoms with van der Waals surface area (Å²) >= 11 is 0. The van der Waals surface area contributed by atoms with Gasteiger partial charge in [0.15, 0.2) is 0 Å². The summed E-state index contributed by atoms with van der Waals surface area (Å²) in [5, 5.41) is 3.26. The molecule has 0 aromatic rings. The first-order valence-corrected chi connectivity index (χ1v) is 6.52. The Kier molecular flexibility index (Phi) is 6.67. The average Bonchev–Trinajstić information content (AvgIpc) is 2.36. The molecule has 0 aromatic carbocycles. The van der Waals surface area contributed by atoms with Gasteiger partial charge in [0, 0.05) is 6.54 Å². The molecule has 2 amide bonds. The third-order valence-corrected chi connectivity index (χ3v) is 3.04. The van der Waals surface area contributed by atoms with Crippen LogP contribution in [0.2, 0.25) is 0 Å². The van der Waals surface area contributed by atoms with Crippen LogP contribution < -0.4 is 11.1 Å². The number of carbonyl (C=O) groups excluding carboxylic acids is 2. The van der Waals surface area contributed by atoms with Crippen LogP contribution in [0.3, 0.4) is 0 Å². The van der Waals surface area contributed by atoms with Crippen molar-refractivity contribution in [2.24, 2.45) is 5.73 Å². The minimum atomic E-state index is -0.482. The number of piperidine rings is 1. The molecule has 1 rings (SSSR count). The number of primary amides is 1. The van der Waals surface area contributed by atoms with E-state index >= 15 is 0 Å². The lowest BCUT2D eigenvalue weighted by Gasteiger charge is -2.24. The number of nitrogens with zero attached hydrogens (tertiary/aromatic N) is 1. The maximum Gasteiger partial charge on any atom is 0.237 e. The summed E-state index contributed by atoms with van der Waals surface area (Å²) in [5.74, 6) is -0.560. The Hall–Kier alpha value is -1.14. The molecule has 1 aliphatic heterocycles. The molecule has 6 nitrogen and oxygen atoms in total. The van der Waals surface area contributed by atoms with Gasteiger partial charge in [-0.05, 0) is 32.9 Å². The fourth-order valence-corrected chi connectivity index (χ4v) is 2.00. The maximum atomic E-state index is 11.8. The highest BCUT2D eigenvalue weighted by Gasteiger charge is 2.16. The van der Waals surface area contributed by atoms with E-state index in [1.807, 2.05) is 6.92 Å². The van der Waals surface area contributed by atoms with Crippen molar-refractivity contribution in [1.29, 1.82) is 0 Å². The summed E-state index contributed by atoms with van der Waals surface area (Å²) in [6.45, 7) is 4.67. The fraction of sp³-hybridized carbons (Fsp3) is 0.833. The van der Waals surface area contributed by atoms with Crippen LogP contribution in [0.25, 0.3) is 0 Å². The highest BCUT2D eigenvalue weighted by Crippen LogP contribution is 2.07. The molecule has 0 atom stereocenters. The van der Waals surface area contributed by atoms with E-state index in [0.717, 1.165) is 25.9 Å². The predicted octanol–water partition coefficient (Wildman–Crippen LogP) is -0.521. The van der Waals surface area contributed by atoms with E-state index in [0.29, 0.717) is 19.6 Å². The van der Waals surface area contributed by atoms with Gasteiger partial charge in [-0.3, -0.25) is 9.59 Å². The van der Waals surface area contributed by atoms with Crippen molar-refractivity contribution in [1.82, 2.24) is 10.2 Å². The van der Waals surface area contributed by atoms with Crippen molar-refractivity contribution in [2.75, 3.05) is 32.8 Å². The number of ether oxygens (including phenoxy) is 1. The number of hydrogen-bond acceptors (Lipinski definition) is 4. The molecule has 0 bridgehead atoms. The number of rotatable bonds is 7. The molecule has 1 heterocycles. The molecule has 1 fully saturated rings. The Balaban J connectivity index is 2.20. The van der Waals surface area contributed by atoms with Crippen LogP contribution in [-0.2, 0) is 14.3 Å². The maximum absolute atomic E-state index is 11.8. The summed E-state index contributed by atoms with van der Waals surface area (Å²) in [4.78, 5) is 24.0. The van der Waals surface area contributed by atoms with Crippen LogP contribution >= 0.6 is 0 Å². The Morgan fingerprint density at radius 3 is 2.61 bits per heavy atom. The first kappa shape index (κ1) is 14.9. The van der Waals surface area contributed by atoms with E-state index in [-0.39, 0.29) is 18.6 Å². The Morgan fingerprint density at radius 1 is 1.39 bits per heavy atom. The molecule has 0 spiro atoms. The van der Waals surface area contributed by atoms with Crippen LogP contribution in [-0.4, -0.2) is 55.6 Å². The zero-order valence-corrected chi connectivity index (χ0v) is 11.0. The zero-order valence-electron chi connectivity index (χ0n) is 11.0. The lowest BCUT2D eigenvalue weighted by molar-refractivity contribution is -0.136. The lowest BCUT2D eigenvalue weighted by Crippen LogP contribution is -2.39. The molecule has 6 heteroatoms. The van der Waals surface area contributed by atoms with Gasteiger partial charge in [-0.25, -0.2) is 0 Å². The van der Waals surface area contributed by atoms with Crippen LogP contribution in [0.15, 0.2) is 0 Å². The molecule has 18 heavy (non-hydrogen) atoms. The molecule has 0 unspecified atom stereocenters. The third-order valence-electron chi connectivity index (χ3n) is 3.04. The second-order valence-corrected chi connectivity index (χ2v) is 4.44. The molecule has 3 N–H and O–H groups in total. The smallest absolute Gasteiger partial charge is 0.237 e. The van der Waals surface area contributed by atoms with Crippen molar-refractivity contribution < 1.29 is 14.3 Å². The van der Waals surface area contributed by atoms with Gasteiger partial charge in [0.05, 0.1) is 25.7 Å². The zero-order chi connectivity index (χ0) is 13.4. The van der Waals surface area contributed by atoms with Crippen molar-refractivity contribution in [3.63, 3.8) is 0 Å². The van der Waals surface area contributed by atoms with Crippen LogP contribution in [0.4, 0.5) is 0 Å². The van der Waals surface area contributed by atoms with E-state index in [9.17, 15) is 9.59 Å². The average molecular weight is 257 g/mol. The number of amides is 2. The molecule has 1 saturated heterocycles. The van der Waals surface area contributed by atoms with Crippen molar-refractivity contribution >= 4 is 11.8 Å². The summed E-state index contributed by atoms with van der Waals surface area (Å²) < 4.78 is 5.65. The van der Waals surface area contributed by atoms with Gasteiger partial charge in [0.1, 0.15) is 0 Å². The molecule has 0 radical (unpaired) electrons. The van der Waals surface area contributed by atoms with Crippen molar-refractivity contribution in [2.45, 2.75) is 32.3 Å². The largest absolute Gasteiger partial charge is 0.378 e. The Bertz CT molecular complexity index is 278. The quantitative estimate of drug-likeness (QED) is 0.642. The van der Waals surface area contributed by atoms with Gasteiger partial charge in [0.25, 0.3) is 0 Å². The van der Waals surface area contributed by atoms with Crippen LogP contribution in [0.1, 0.15) is 26.2 Å². The van der Waals surface area contributed by atoms with Gasteiger partial charge in [-0.1, -0.05) is 0 Å². The minimum absolute atomic E-state index is 0.0112. The van der Waals surface area contributed by atoms with Gasteiger partial charge >= 0.3 is 0 Å². The van der Waals surface area contributed by atoms with Gasteiger partial charge in [-0.2, -0.15) is 0 Å². The normalized spacial score (nSPS) is 16.5. The summed E-state index contributed by atoms with van der Waals surface area (Å²) in [6.07, 6.45) is 2.55. The molecule has 104 valence electrons. The first-order valence-electron chi connectivity index (χ1n) is 6.52. The fourth-order valence-electron chi connectivity index (χ4n) is 2.00. The van der Waals surface area contributed by atoms with Crippen molar-refractivity contribution in [3.8, 4) is 0 Å². The topological polar surface area (TPSA) is 84.7 Å². The molecule has 0 saturated carbocycles. The SMILES string of the molecule is CCN(CC(N)=O)C(=O)CCOC1CCNCC1. The first-order chi connectivity index (χ1) is 8.63. The summed E-state index contributed by atoms with van der Waals surface area (Å²) in [7, 11) is 0. The molecule has 0 aliphatic carbocycles. The molecular weight excluding hydrogens is 234 g/mol. The van der Waals surface area contributed by atoms with E-state index in [2.05, 4.69) is 5.32 Å². The predicted molar refractivity (Wildman–Crippen MR) is 67.9 cm³/mol. The number of nitrogens with one attached hydrogen (secondary N) is 1. The lowest BCUT2D eigenvalue weighted by atomic mass is 10.1. The Morgan fingerprint density at radius 2 is 2.06 bits per heavy atom. The Labute approximate surface area is 108 Å². The van der Waals surface area contributed by atoms with E-state index in [4.69, 9.17) is 10.5 Å². The highest BCUT2D eigenvalue weighted by atomic mass is 16.5. The van der Waals surface area contributed by atoms with E-state index in [1.54, 1.807) is 0 Å².